The zero-order chi connectivity index (χ0) is 22.5. The molecule has 7 nitrogen and oxygen atoms in total. The summed E-state index contributed by atoms with van der Waals surface area (Å²) in [5, 5.41) is 10.9. The topological polar surface area (TPSA) is 80.2 Å². The van der Waals surface area contributed by atoms with Crippen LogP contribution in [0.1, 0.15) is 33.6 Å². The number of hydrogen-bond acceptors (Lipinski definition) is 6. The second-order valence-corrected chi connectivity index (χ2v) is 8.10. The van der Waals surface area contributed by atoms with Crippen LogP contribution in [0.3, 0.4) is 0 Å². The summed E-state index contributed by atoms with van der Waals surface area (Å²) in [7, 11) is 3.17. The first kappa shape index (κ1) is 21.6. The summed E-state index contributed by atoms with van der Waals surface area (Å²) in [6.45, 7) is 0.260. The fourth-order valence-electron chi connectivity index (χ4n) is 3.48. The predicted molar refractivity (Wildman–Crippen MR) is 125 cm³/mol. The van der Waals surface area contributed by atoms with Crippen molar-refractivity contribution in [2.24, 2.45) is 5.10 Å². The van der Waals surface area contributed by atoms with Crippen LogP contribution in [0.2, 0.25) is 0 Å². The molecule has 2 amide bonds. The maximum atomic E-state index is 12.6. The van der Waals surface area contributed by atoms with Crippen LogP contribution in [-0.4, -0.2) is 36.8 Å². The Morgan fingerprint density at radius 2 is 1.88 bits per heavy atom. The number of hydrazone groups is 1. The minimum absolute atomic E-state index is 0.0615. The van der Waals surface area contributed by atoms with Crippen LogP contribution in [0.15, 0.2) is 65.1 Å². The van der Waals surface area contributed by atoms with Crippen LogP contribution in [0.4, 0.5) is 5.69 Å². The van der Waals surface area contributed by atoms with E-state index >= 15 is 0 Å². The number of benzene rings is 2. The minimum atomic E-state index is -0.174. The van der Waals surface area contributed by atoms with Crippen molar-refractivity contribution < 1.29 is 19.1 Å². The largest absolute Gasteiger partial charge is 0.493 e. The number of thiophene rings is 1. The van der Waals surface area contributed by atoms with E-state index in [1.54, 1.807) is 20.3 Å². The Morgan fingerprint density at radius 3 is 2.62 bits per heavy atom. The molecule has 1 N–H and O–H groups in total. The summed E-state index contributed by atoms with van der Waals surface area (Å²) in [6.07, 6.45) is 0.901. The van der Waals surface area contributed by atoms with Crippen molar-refractivity contribution in [2.75, 3.05) is 19.5 Å². The van der Waals surface area contributed by atoms with Crippen LogP contribution < -0.4 is 14.8 Å². The van der Waals surface area contributed by atoms with Crippen LogP contribution in [0, 0.1) is 0 Å². The van der Waals surface area contributed by atoms with Gasteiger partial charge in [0, 0.05) is 24.1 Å². The lowest BCUT2D eigenvalue weighted by molar-refractivity contribution is -0.132. The number of carbonyl (C=O) groups excluding carboxylic acids is 2. The smallest absolute Gasteiger partial charge is 0.265 e. The zero-order valence-electron chi connectivity index (χ0n) is 17.8. The first-order valence-electron chi connectivity index (χ1n) is 10.1. The van der Waals surface area contributed by atoms with Crippen molar-refractivity contribution in [1.82, 2.24) is 5.01 Å². The molecule has 32 heavy (non-hydrogen) atoms. The molecule has 1 aliphatic heterocycles. The van der Waals surface area contributed by atoms with Gasteiger partial charge in [-0.05, 0) is 41.3 Å². The number of anilines is 1. The van der Waals surface area contributed by atoms with E-state index in [-0.39, 0.29) is 18.4 Å². The number of methoxy groups -OCH3 is 2. The second kappa shape index (κ2) is 9.65. The lowest BCUT2D eigenvalue weighted by atomic mass is 10.0. The van der Waals surface area contributed by atoms with Crippen LogP contribution in [-0.2, 0) is 11.3 Å². The van der Waals surface area contributed by atoms with Gasteiger partial charge >= 0.3 is 0 Å². The molecule has 1 aromatic heterocycles. The minimum Gasteiger partial charge on any atom is -0.493 e. The van der Waals surface area contributed by atoms with Crippen molar-refractivity contribution in [3.05, 3.63) is 76.0 Å². The van der Waals surface area contributed by atoms with Gasteiger partial charge in [0.05, 0.1) is 31.4 Å². The average molecular weight is 450 g/mol. The van der Waals surface area contributed by atoms with E-state index in [2.05, 4.69) is 10.4 Å². The molecule has 0 saturated heterocycles. The third-order valence-corrected chi connectivity index (χ3v) is 6.02. The monoisotopic (exact) mass is 449 g/mol. The Balaban J connectivity index is 1.58. The van der Waals surface area contributed by atoms with E-state index in [1.165, 1.54) is 16.3 Å². The summed E-state index contributed by atoms with van der Waals surface area (Å²) < 4.78 is 10.7. The Hall–Kier alpha value is -3.65. The van der Waals surface area contributed by atoms with Crippen LogP contribution in [0.5, 0.6) is 11.5 Å². The molecular formula is C24H23N3O4S. The van der Waals surface area contributed by atoms with Crippen molar-refractivity contribution in [2.45, 2.75) is 19.4 Å². The molecule has 2 heterocycles. The maximum Gasteiger partial charge on any atom is 0.265 e. The normalized spacial score (nSPS) is 13.5. The van der Waals surface area contributed by atoms with Gasteiger partial charge in [-0.25, -0.2) is 5.01 Å². The molecular weight excluding hydrogens is 426 g/mol. The summed E-state index contributed by atoms with van der Waals surface area (Å²) in [5.74, 6) is 1.01. The number of nitrogens with one attached hydrogen (secondary N) is 1. The fourth-order valence-corrected chi connectivity index (χ4v) is 4.10. The van der Waals surface area contributed by atoms with Gasteiger partial charge in [-0.15, -0.1) is 11.3 Å². The van der Waals surface area contributed by atoms with Crippen molar-refractivity contribution >= 4 is 34.6 Å². The number of para-hydroxylation sites is 1. The highest BCUT2D eigenvalue weighted by Crippen LogP contribution is 2.29. The van der Waals surface area contributed by atoms with E-state index in [9.17, 15) is 9.59 Å². The maximum absolute atomic E-state index is 12.6. The Morgan fingerprint density at radius 1 is 1.06 bits per heavy atom. The van der Waals surface area contributed by atoms with Crippen molar-refractivity contribution in [3.8, 4) is 11.5 Å². The number of amides is 2. The molecule has 4 rings (SSSR count). The molecule has 8 heteroatoms. The second-order valence-electron chi connectivity index (χ2n) is 7.16. The molecule has 0 saturated carbocycles. The van der Waals surface area contributed by atoms with E-state index < -0.39 is 0 Å². The third kappa shape index (κ3) is 4.65. The Bertz CT molecular complexity index is 1160. The molecule has 2 aromatic carbocycles. The standard InChI is InChI=1S/C24H23N3O4S/c1-30-20-11-9-16(14-21(20)31-2)19-10-12-23(28)27(26-19)15-17-6-3-4-7-18(17)25-24(29)22-8-5-13-32-22/h3-9,11,13-14H,10,12,15H2,1-2H3,(H,25,29). The average Bonchev–Trinajstić information content (AvgIpc) is 3.36. The quantitative estimate of drug-likeness (QED) is 0.574. The van der Waals surface area contributed by atoms with Crippen LogP contribution >= 0.6 is 11.3 Å². The molecule has 164 valence electrons. The van der Waals surface area contributed by atoms with Gasteiger partial charge in [0.15, 0.2) is 11.5 Å². The Kier molecular flexibility index (Phi) is 6.51. The molecule has 1 aliphatic rings. The highest BCUT2D eigenvalue weighted by atomic mass is 32.1. The number of ether oxygens (including phenoxy) is 2. The molecule has 0 unspecified atom stereocenters. The van der Waals surface area contributed by atoms with Crippen molar-refractivity contribution in [1.29, 1.82) is 0 Å². The van der Waals surface area contributed by atoms with Gasteiger partial charge in [0.2, 0.25) is 5.91 Å². The van der Waals surface area contributed by atoms with E-state index in [1.807, 2.05) is 53.9 Å². The van der Waals surface area contributed by atoms with Crippen molar-refractivity contribution in [3.63, 3.8) is 0 Å². The van der Waals surface area contributed by atoms with E-state index in [0.717, 1.165) is 16.8 Å². The van der Waals surface area contributed by atoms with Gasteiger partial charge < -0.3 is 14.8 Å². The first-order valence-corrected chi connectivity index (χ1v) is 11.0. The Labute approximate surface area is 190 Å². The molecule has 0 bridgehead atoms. The lowest BCUT2D eigenvalue weighted by Crippen LogP contribution is -2.32. The summed E-state index contributed by atoms with van der Waals surface area (Å²) in [6, 6.07) is 16.6. The molecule has 0 atom stereocenters. The van der Waals surface area contributed by atoms with E-state index in [0.29, 0.717) is 34.9 Å². The highest BCUT2D eigenvalue weighted by molar-refractivity contribution is 7.12. The van der Waals surface area contributed by atoms with Gasteiger partial charge in [-0.1, -0.05) is 24.3 Å². The fraction of sp³-hybridized carbons (Fsp3) is 0.208. The predicted octanol–water partition coefficient (Wildman–Crippen LogP) is 4.54. The van der Waals surface area contributed by atoms with Crippen LogP contribution in [0.25, 0.3) is 0 Å². The molecule has 3 aromatic rings. The third-order valence-electron chi connectivity index (χ3n) is 5.15. The first-order chi connectivity index (χ1) is 15.6. The van der Waals surface area contributed by atoms with Gasteiger partial charge in [-0.2, -0.15) is 5.10 Å². The number of nitrogens with zero attached hydrogens (tertiary/aromatic N) is 2. The SMILES string of the molecule is COc1ccc(C2=NN(Cc3ccccc3NC(=O)c3cccs3)C(=O)CC2)cc1OC. The highest BCUT2D eigenvalue weighted by Gasteiger charge is 2.23. The summed E-state index contributed by atoms with van der Waals surface area (Å²) in [5.41, 5.74) is 3.14. The number of carbonyl (C=O) groups is 2. The number of hydrogen-bond donors (Lipinski definition) is 1. The number of rotatable bonds is 7. The summed E-state index contributed by atoms with van der Waals surface area (Å²) >= 11 is 1.38. The molecule has 0 aliphatic carbocycles. The van der Waals surface area contributed by atoms with E-state index in [4.69, 9.17) is 9.47 Å². The van der Waals surface area contributed by atoms with Gasteiger partial charge in [-0.3, -0.25) is 9.59 Å². The molecule has 0 fully saturated rings. The zero-order valence-corrected chi connectivity index (χ0v) is 18.6. The molecule has 0 radical (unpaired) electrons. The summed E-state index contributed by atoms with van der Waals surface area (Å²) in [4.78, 5) is 25.7. The lowest BCUT2D eigenvalue weighted by Gasteiger charge is -2.25. The van der Waals surface area contributed by atoms with Gasteiger partial charge in [0.1, 0.15) is 0 Å². The van der Waals surface area contributed by atoms with Gasteiger partial charge in [0.25, 0.3) is 5.91 Å². The molecule has 0 spiro atoms.